The number of benzene rings is 3. The summed E-state index contributed by atoms with van der Waals surface area (Å²) in [6.07, 6.45) is 1.87. The van der Waals surface area contributed by atoms with Crippen molar-refractivity contribution in [1.29, 1.82) is 0 Å². The molecule has 140 valence electrons. The Balaban J connectivity index is 1.64. The van der Waals surface area contributed by atoms with Crippen LogP contribution in [0.5, 0.6) is 11.5 Å². The third kappa shape index (κ3) is 3.79. The van der Waals surface area contributed by atoms with E-state index in [2.05, 4.69) is 0 Å². The lowest BCUT2D eigenvalue weighted by molar-refractivity contribution is 0.104. The second kappa shape index (κ2) is 8.13. The molecule has 28 heavy (non-hydrogen) atoms. The Morgan fingerprint density at radius 1 is 1.00 bits per heavy atom. The number of fused-ring (bicyclic) bond motifs is 1. The first-order valence-electron chi connectivity index (χ1n) is 8.73. The summed E-state index contributed by atoms with van der Waals surface area (Å²) in [6.45, 7) is 0.370. The summed E-state index contributed by atoms with van der Waals surface area (Å²) in [5.74, 6) is 1.26. The largest absolute Gasteiger partial charge is 0.493 e. The molecule has 0 saturated carbocycles. The van der Waals surface area contributed by atoms with Crippen molar-refractivity contribution in [3.63, 3.8) is 0 Å². The first kappa shape index (κ1) is 18.7. The van der Waals surface area contributed by atoms with Crippen LogP contribution in [0.15, 0.2) is 76.5 Å². The molecule has 1 heterocycles. The molecule has 3 nitrogen and oxygen atoms in total. The van der Waals surface area contributed by atoms with Crippen molar-refractivity contribution in [3.05, 3.63) is 93.3 Å². The van der Waals surface area contributed by atoms with Crippen molar-refractivity contribution < 1.29 is 14.3 Å². The van der Waals surface area contributed by atoms with E-state index < -0.39 is 0 Å². The van der Waals surface area contributed by atoms with E-state index >= 15 is 0 Å². The minimum atomic E-state index is 0.0343. The Morgan fingerprint density at radius 2 is 1.79 bits per heavy atom. The lowest BCUT2D eigenvalue weighted by atomic mass is 10.1. The molecule has 5 heteroatoms. The molecule has 0 spiro atoms. The monoisotopic (exact) mass is 408 g/mol. The van der Waals surface area contributed by atoms with Crippen LogP contribution in [0.1, 0.15) is 21.5 Å². The maximum Gasteiger partial charge on any atom is 0.200 e. The predicted molar refractivity (Wildman–Crippen MR) is 113 cm³/mol. The molecule has 3 aromatic rings. The Morgan fingerprint density at radius 3 is 2.54 bits per heavy atom. The number of hydrogen-bond donors (Lipinski definition) is 0. The van der Waals surface area contributed by atoms with Crippen LogP contribution in [0.2, 0.25) is 5.02 Å². The zero-order valence-corrected chi connectivity index (χ0v) is 16.7. The molecule has 0 amide bonds. The van der Waals surface area contributed by atoms with Crippen molar-refractivity contribution >= 4 is 35.2 Å². The number of halogens is 1. The summed E-state index contributed by atoms with van der Waals surface area (Å²) in [4.78, 5) is 14.4. The molecular formula is C23H17ClO3S. The molecule has 0 radical (unpaired) electrons. The summed E-state index contributed by atoms with van der Waals surface area (Å²) in [7, 11) is 1.60. The van der Waals surface area contributed by atoms with Gasteiger partial charge in [-0.15, -0.1) is 0 Å². The number of Topliss-reactive ketones (excluding diaryl/α,β-unsaturated/α-hetero) is 1. The van der Waals surface area contributed by atoms with Crippen LogP contribution < -0.4 is 9.47 Å². The van der Waals surface area contributed by atoms with Gasteiger partial charge in [0.25, 0.3) is 0 Å². The smallest absolute Gasteiger partial charge is 0.200 e. The standard InChI is InChI=1S/C23H17ClO3S/c1-26-19-7-4-5-16(23(19)27-14-15-9-11-17(24)12-10-15)13-21-22(25)18-6-2-3-8-20(18)28-21/h2-13H,14H2,1H3/b21-13-. The van der Waals surface area contributed by atoms with Crippen LogP contribution >= 0.6 is 23.4 Å². The van der Waals surface area contributed by atoms with E-state index in [-0.39, 0.29) is 5.78 Å². The van der Waals surface area contributed by atoms with Crippen molar-refractivity contribution in [3.8, 4) is 11.5 Å². The SMILES string of the molecule is COc1cccc(/C=C2\Sc3ccccc3C2=O)c1OCc1ccc(Cl)cc1. The molecule has 4 rings (SSSR count). The lowest BCUT2D eigenvalue weighted by Gasteiger charge is -2.14. The van der Waals surface area contributed by atoms with Gasteiger partial charge in [-0.3, -0.25) is 4.79 Å². The summed E-state index contributed by atoms with van der Waals surface area (Å²) < 4.78 is 11.6. The minimum Gasteiger partial charge on any atom is -0.493 e. The van der Waals surface area contributed by atoms with E-state index in [0.717, 1.165) is 21.6 Å². The molecule has 0 aromatic heterocycles. The van der Waals surface area contributed by atoms with Crippen molar-refractivity contribution in [2.24, 2.45) is 0 Å². The van der Waals surface area contributed by atoms with Gasteiger partial charge in [0.2, 0.25) is 5.78 Å². The number of para-hydroxylation sites is 1. The average Bonchev–Trinajstić information content (AvgIpc) is 3.04. The van der Waals surface area contributed by atoms with Crippen LogP contribution in [0, 0.1) is 0 Å². The first-order chi connectivity index (χ1) is 13.7. The summed E-state index contributed by atoms with van der Waals surface area (Å²) in [5, 5.41) is 0.683. The fraction of sp³-hybridized carbons (Fsp3) is 0.0870. The normalized spacial score (nSPS) is 14.2. The zero-order chi connectivity index (χ0) is 19.5. The second-order valence-electron chi connectivity index (χ2n) is 6.23. The molecular weight excluding hydrogens is 392 g/mol. The highest BCUT2D eigenvalue weighted by Gasteiger charge is 2.25. The number of carbonyl (C=O) groups is 1. The molecule has 0 unspecified atom stereocenters. The molecule has 0 bridgehead atoms. The number of ketones is 1. The first-order valence-corrected chi connectivity index (χ1v) is 9.92. The van der Waals surface area contributed by atoms with E-state index in [0.29, 0.717) is 28.0 Å². The molecule has 1 aliphatic rings. The molecule has 0 atom stereocenters. The van der Waals surface area contributed by atoms with Gasteiger partial charge in [0, 0.05) is 21.0 Å². The summed E-state index contributed by atoms with van der Waals surface area (Å²) in [5.41, 5.74) is 2.54. The van der Waals surface area contributed by atoms with E-state index in [1.165, 1.54) is 11.8 Å². The summed E-state index contributed by atoms with van der Waals surface area (Å²) in [6, 6.07) is 20.8. The Bertz CT molecular complexity index is 1060. The van der Waals surface area contributed by atoms with Gasteiger partial charge in [-0.05, 0) is 42.0 Å². The van der Waals surface area contributed by atoms with Crippen molar-refractivity contribution in [1.82, 2.24) is 0 Å². The number of carbonyl (C=O) groups excluding carboxylic acids is 1. The number of thioether (sulfide) groups is 1. The van der Waals surface area contributed by atoms with Gasteiger partial charge in [-0.1, -0.05) is 59.8 Å². The van der Waals surface area contributed by atoms with Gasteiger partial charge in [-0.2, -0.15) is 0 Å². The van der Waals surface area contributed by atoms with E-state index in [9.17, 15) is 4.79 Å². The third-order valence-electron chi connectivity index (χ3n) is 4.39. The molecule has 0 aliphatic carbocycles. The molecule has 0 N–H and O–H groups in total. The molecule has 1 aliphatic heterocycles. The Kier molecular flexibility index (Phi) is 5.42. The van der Waals surface area contributed by atoms with Crippen LogP contribution in [0.25, 0.3) is 6.08 Å². The molecule has 3 aromatic carbocycles. The van der Waals surface area contributed by atoms with E-state index in [1.807, 2.05) is 72.8 Å². The Labute approximate surface area is 172 Å². The number of ether oxygens (including phenoxy) is 2. The van der Waals surface area contributed by atoms with Crippen LogP contribution in [0.3, 0.4) is 0 Å². The second-order valence-corrected chi connectivity index (χ2v) is 7.75. The lowest BCUT2D eigenvalue weighted by Crippen LogP contribution is -2.00. The molecule has 0 saturated heterocycles. The maximum atomic E-state index is 12.7. The molecule has 0 fully saturated rings. The Hall–Kier alpha value is -2.69. The van der Waals surface area contributed by atoms with Gasteiger partial charge >= 0.3 is 0 Å². The fourth-order valence-corrected chi connectivity index (χ4v) is 4.14. The van der Waals surface area contributed by atoms with Gasteiger partial charge in [0.15, 0.2) is 11.5 Å². The van der Waals surface area contributed by atoms with Gasteiger partial charge in [0.1, 0.15) is 6.61 Å². The van der Waals surface area contributed by atoms with Crippen LogP contribution in [-0.4, -0.2) is 12.9 Å². The van der Waals surface area contributed by atoms with Crippen LogP contribution in [-0.2, 0) is 6.61 Å². The van der Waals surface area contributed by atoms with E-state index in [4.69, 9.17) is 21.1 Å². The topological polar surface area (TPSA) is 35.5 Å². The third-order valence-corrected chi connectivity index (χ3v) is 5.74. The van der Waals surface area contributed by atoms with Crippen LogP contribution in [0.4, 0.5) is 0 Å². The maximum absolute atomic E-state index is 12.7. The highest BCUT2D eigenvalue weighted by Crippen LogP contribution is 2.42. The fourth-order valence-electron chi connectivity index (χ4n) is 2.97. The quantitative estimate of drug-likeness (QED) is 0.467. The number of rotatable bonds is 5. The van der Waals surface area contributed by atoms with Crippen molar-refractivity contribution in [2.75, 3.05) is 7.11 Å². The average molecular weight is 409 g/mol. The van der Waals surface area contributed by atoms with Gasteiger partial charge in [-0.25, -0.2) is 0 Å². The number of allylic oxidation sites excluding steroid dienone is 1. The van der Waals surface area contributed by atoms with Crippen molar-refractivity contribution in [2.45, 2.75) is 11.5 Å². The number of methoxy groups -OCH3 is 1. The summed E-state index contributed by atoms with van der Waals surface area (Å²) >= 11 is 7.42. The zero-order valence-electron chi connectivity index (χ0n) is 15.1. The highest BCUT2D eigenvalue weighted by molar-refractivity contribution is 8.04. The highest BCUT2D eigenvalue weighted by atomic mass is 35.5. The van der Waals surface area contributed by atoms with E-state index in [1.54, 1.807) is 7.11 Å². The van der Waals surface area contributed by atoms with Gasteiger partial charge < -0.3 is 9.47 Å². The predicted octanol–water partition coefficient (Wildman–Crippen LogP) is 6.26. The number of hydrogen-bond acceptors (Lipinski definition) is 4. The van der Waals surface area contributed by atoms with Gasteiger partial charge in [0.05, 0.1) is 12.0 Å². The minimum absolute atomic E-state index is 0.0343.